The van der Waals surface area contributed by atoms with E-state index in [1.807, 2.05) is 6.07 Å². The molecule has 1 unspecified atom stereocenters. The average molecular weight is 308 g/mol. The molecular formula is C16H22ClN3O. The molecule has 1 atom stereocenters. The second-order valence-electron chi connectivity index (χ2n) is 5.89. The van der Waals surface area contributed by atoms with Gasteiger partial charge in [0.15, 0.2) is 5.82 Å². The Bertz CT molecular complexity index is 564. The summed E-state index contributed by atoms with van der Waals surface area (Å²) in [6.07, 6.45) is 4.98. The van der Waals surface area contributed by atoms with Gasteiger partial charge in [-0.3, -0.25) is 0 Å². The Morgan fingerprint density at radius 2 is 1.90 bits per heavy atom. The number of halogens is 1. The van der Waals surface area contributed by atoms with Crippen molar-refractivity contribution in [2.24, 2.45) is 5.73 Å². The monoisotopic (exact) mass is 307 g/mol. The largest absolute Gasteiger partial charge is 0.339 e. The van der Waals surface area contributed by atoms with Crippen molar-refractivity contribution in [3.8, 4) is 0 Å². The van der Waals surface area contributed by atoms with Crippen molar-refractivity contribution in [1.29, 1.82) is 0 Å². The molecule has 0 aliphatic heterocycles. The van der Waals surface area contributed by atoms with Gasteiger partial charge in [0.1, 0.15) is 0 Å². The van der Waals surface area contributed by atoms with Crippen molar-refractivity contribution in [3.63, 3.8) is 0 Å². The van der Waals surface area contributed by atoms with Crippen molar-refractivity contribution in [3.05, 3.63) is 47.6 Å². The quantitative estimate of drug-likeness (QED) is 0.938. The molecule has 4 nitrogen and oxygen atoms in total. The van der Waals surface area contributed by atoms with Gasteiger partial charge in [-0.2, -0.15) is 4.98 Å². The molecule has 0 bridgehead atoms. The Morgan fingerprint density at radius 1 is 1.24 bits per heavy atom. The maximum absolute atomic E-state index is 6.35. The molecule has 2 aromatic rings. The number of aromatic nitrogens is 2. The van der Waals surface area contributed by atoms with Crippen LogP contribution in [0.4, 0.5) is 0 Å². The molecule has 114 valence electrons. The van der Waals surface area contributed by atoms with Crippen LogP contribution in [0.1, 0.15) is 55.8 Å². The van der Waals surface area contributed by atoms with Gasteiger partial charge in [0.2, 0.25) is 5.89 Å². The van der Waals surface area contributed by atoms with E-state index in [4.69, 9.17) is 10.3 Å². The van der Waals surface area contributed by atoms with Gasteiger partial charge in [-0.25, -0.2) is 0 Å². The summed E-state index contributed by atoms with van der Waals surface area (Å²) in [4.78, 5) is 4.53. The fourth-order valence-electron chi connectivity index (χ4n) is 2.93. The van der Waals surface area contributed by atoms with Crippen molar-refractivity contribution in [1.82, 2.24) is 10.1 Å². The lowest BCUT2D eigenvalue weighted by molar-refractivity contribution is 0.345. The maximum Gasteiger partial charge on any atom is 0.227 e. The first-order valence-electron chi connectivity index (χ1n) is 7.34. The van der Waals surface area contributed by atoms with E-state index in [1.165, 1.54) is 5.56 Å². The van der Waals surface area contributed by atoms with Gasteiger partial charge in [-0.15, -0.1) is 12.4 Å². The molecule has 1 aliphatic rings. The van der Waals surface area contributed by atoms with Crippen LogP contribution in [-0.2, 0) is 12.0 Å². The van der Waals surface area contributed by atoms with Crippen molar-refractivity contribution < 1.29 is 4.52 Å². The molecule has 21 heavy (non-hydrogen) atoms. The average Bonchev–Trinajstić information content (AvgIpc) is 3.10. The molecule has 1 fully saturated rings. The molecule has 0 radical (unpaired) electrons. The van der Waals surface area contributed by atoms with E-state index in [-0.39, 0.29) is 17.9 Å². The lowest BCUT2D eigenvalue weighted by atomic mass is 9.97. The molecule has 2 N–H and O–H groups in total. The number of rotatable bonds is 4. The number of benzene rings is 1. The summed E-state index contributed by atoms with van der Waals surface area (Å²) in [5, 5.41) is 4.11. The summed E-state index contributed by atoms with van der Waals surface area (Å²) < 4.78 is 5.39. The zero-order valence-corrected chi connectivity index (χ0v) is 13.1. The van der Waals surface area contributed by atoms with Gasteiger partial charge in [-0.05, 0) is 24.3 Å². The Kier molecular flexibility index (Phi) is 5.01. The van der Waals surface area contributed by atoms with Crippen LogP contribution >= 0.6 is 12.4 Å². The molecule has 1 aromatic heterocycles. The van der Waals surface area contributed by atoms with Crippen LogP contribution in [0.2, 0.25) is 0 Å². The number of nitrogens with two attached hydrogens (primary N) is 1. The first-order chi connectivity index (χ1) is 9.67. The Hall–Kier alpha value is -1.39. The number of hydrogen-bond acceptors (Lipinski definition) is 4. The highest BCUT2D eigenvalue weighted by molar-refractivity contribution is 5.85. The topological polar surface area (TPSA) is 64.9 Å². The Labute approximate surface area is 131 Å². The molecule has 0 spiro atoms. The molecular weight excluding hydrogens is 286 g/mol. The van der Waals surface area contributed by atoms with E-state index in [9.17, 15) is 0 Å². The molecule has 1 aliphatic carbocycles. The van der Waals surface area contributed by atoms with Crippen molar-refractivity contribution in [2.45, 2.75) is 50.5 Å². The van der Waals surface area contributed by atoms with Gasteiger partial charge in [-0.1, -0.05) is 55.3 Å². The summed E-state index contributed by atoms with van der Waals surface area (Å²) in [7, 11) is 0. The van der Waals surface area contributed by atoms with Crippen LogP contribution in [0.15, 0.2) is 34.9 Å². The summed E-state index contributed by atoms with van der Waals surface area (Å²) in [6.45, 7) is 2.17. The van der Waals surface area contributed by atoms with Crippen molar-refractivity contribution >= 4 is 12.4 Å². The zero-order valence-electron chi connectivity index (χ0n) is 12.3. The van der Waals surface area contributed by atoms with Crippen LogP contribution in [0.5, 0.6) is 0 Å². The zero-order chi connectivity index (χ0) is 14.0. The maximum atomic E-state index is 6.35. The van der Waals surface area contributed by atoms with E-state index in [1.54, 1.807) is 0 Å². The number of nitrogens with zero attached hydrogens (tertiary/aromatic N) is 2. The molecule has 1 heterocycles. The molecule has 1 aromatic carbocycles. The first-order valence-corrected chi connectivity index (χ1v) is 7.34. The van der Waals surface area contributed by atoms with Crippen LogP contribution in [-0.4, -0.2) is 10.1 Å². The summed E-state index contributed by atoms with van der Waals surface area (Å²) in [6, 6.07) is 10.4. The summed E-state index contributed by atoms with van der Waals surface area (Å²) >= 11 is 0. The van der Waals surface area contributed by atoms with Gasteiger partial charge in [0.05, 0.1) is 5.54 Å². The minimum absolute atomic E-state index is 0. The van der Waals surface area contributed by atoms with E-state index < -0.39 is 0 Å². The smallest absolute Gasteiger partial charge is 0.227 e. The highest BCUT2D eigenvalue weighted by Crippen LogP contribution is 2.34. The van der Waals surface area contributed by atoms with E-state index >= 15 is 0 Å². The third-order valence-electron chi connectivity index (χ3n) is 4.26. The van der Waals surface area contributed by atoms with E-state index in [0.717, 1.165) is 32.1 Å². The molecule has 3 rings (SSSR count). The van der Waals surface area contributed by atoms with Crippen LogP contribution in [0.25, 0.3) is 0 Å². The second-order valence-corrected chi connectivity index (χ2v) is 5.89. The van der Waals surface area contributed by atoms with Gasteiger partial charge >= 0.3 is 0 Å². The highest BCUT2D eigenvalue weighted by Gasteiger charge is 2.36. The van der Waals surface area contributed by atoms with Gasteiger partial charge in [0, 0.05) is 6.42 Å². The summed E-state index contributed by atoms with van der Waals surface area (Å²) in [5.41, 5.74) is 7.27. The first kappa shape index (κ1) is 16.0. The third-order valence-corrected chi connectivity index (χ3v) is 4.26. The molecule has 0 saturated heterocycles. The van der Waals surface area contributed by atoms with Gasteiger partial charge < -0.3 is 10.3 Å². The standard InChI is InChI=1S/C16H21N3O.ClH/c1-12(13-7-3-2-4-8-13)11-14-18-15(19-20-14)16(17)9-5-6-10-16;/h2-4,7-8,12H,5-6,9-11,17H2,1H3;1H. The Morgan fingerprint density at radius 3 is 2.57 bits per heavy atom. The number of hydrogen-bond donors (Lipinski definition) is 1. The predicted molar refractivity (Wildman–Crippen MR) is 84.4 cm³/mol. The lowest BCUT2D eigenvalue weighted by Gasteiger charge is -2.17. The normalized spacial score (nSPS) is 18.2. The lowest BCUT2D eigenvalue weighted by Crippen LogP contribution is -2.34. The fraction of sp³-hybridized carbons (Fsp3) is 0.500. The third kappa shape index (κ3) is 3.44. The molecule has 1 saturated carbocycles. The second kappa shape index (κ2) is 6.58. The molecule has 5 heteroatoms. The minimum Gasteiger partial charge on any atom is -0.339 e. The minimum atomic E-state index is -0.363. The van der Waals surface area contributed by atoms with Crippen LogP contribution in [0.3, 0.4) is 0 Å². The van der Waals surface area contributed by atoms with E-state index in [0.29, 0.717) is 17.6 Å². The summed E-state index contributed by atoms with van der Waals surface area (Å²) in [5.74, 6) is 1.74. The SMILES string of the molecule is CC(Cc1nc(C2(N)CCCC2)no1)c1ccccc1.Cl. The van der Waals surface area contributed by atoms with Crippen LogP contribution in [0, 0.1) is 0 Å². The van der Waals surface area contributed by atoms with Crippen LogP contribution < -0.4 is 5.73 Å². The Balaban J connectivity index is 0.00000161. The fourth-order valence-corrected chi connectivity index (χ4v) is 2.93. The van der Waals surface area contributed by atoms with Crippen molar-refractivity contribution in [2.75, 3.05) is 0 Å². The van der Waals surface area contributed by atoms with E-state index in [2.05, 4.69) is 41.3 Å². The van der Waals surface area contributed by atoms with Gasteiger partial charge in [0.25, 0.3) is 0 Å². The molecule has 0 amide bonds. The highest BCUT2D eigenvalue weighted by atomic mass is 35.5. The predicted octanol–water partition coefficient (Wildman–Crippen LogP) is 3.57.